The van der Waals surface area contributed by atoms with E-state index in [4.69, 9.17) is 24.7 Å². The standard InChI is InChI=1S/C36H35F4N9O8/c1-17(42-19-3-5-21-25(11-19)54-9-7-45-13-27(43-32(21)45)48-23(29(37)38)15-56-35(48)52)34(51)47(18(2)31(41)50)20-4-6-22-26(12-20)55-10-8-46-14-28(44-33(22)46)49-24(30(39)40)16-57-36(49)53/h3-6,11-14,17-18,23-24,29-30,42H,7-10,15-16H2,1-2H3,(H2,41,50)/t17-,18-,23-,24-/m0/s1. The first kappa shape index (κ1) is 37.4. The van der Waals surface area contributed by atoms with Crippen molar-refractivity contribution in [2.24, 2.45) is 5.73 Å². The minimum Gasteiger partial charge on any atom is -0.491 e. The summed E-state index contributed by atoms with van der Waals surface area (Å²) in [7, 11) is 0. The maximum absolute atomic E-state index is 14.2. The zero-order valence-electron chi connectivity index (χ0n) is 30.3. The third kappa shape index (κ3) is 6.65. The van der Waals surface area contributed by atoms with Gasteiger partial charge in [0.05, 0.1) is 24.2 Å². The number of primary amides is 1. The van der Waals surface area contributed by atoms with Crippen molar-refractivity contribution < 1.29 is 55.7 Å². The molecule has 2 saturated heterocycles. The summed E-state index contributed by atoms with van der Waals surface area (Å²) in [4.78, 5) is 63.3. The van der Waals surface area contributed by atoms with Crippen LogP contribution >= 0.6 is 0 Å². The number of aromatic nitrogens is 4. The molecule has 2 aromatic carbocycles. The van der Waals surface area contributed by atoms with Gasteiger partial charge in [0.25, 0.3) is 12.9 Å². The van der Waals surface area contributed by atoms with Gasteiger partial charge in [0.2, 0.25) is 11.8 Å². The maximum atomic E-state index is 14.2. The van der Waals surface area contributed by atoms with Gasteiger partial charge in [-0.05, 0) is 38.1 Å². The van der Waals surface area contributed by atoms with Crippen LogP contribution in [0.4, 0.5) is 50.2 Å². The molecule has 6 heterocycles. The quantitative estimate of drug-likeness (QED) is 0.220. The molecule has 0 radical (unpaired) electrons. The van der Waals surface area contributed by atoms with Crippen molar-refractivity contribution in [1.82, 2.24) is 19.1 Å². The fraction of sp³-hybridized carbons (Fsp3) is 0.389. The number of nitrogens with one attached hydrogen (secondary N) is 1. The van der Waals surface area contributed by atoms with Crippen LogP contribution in [0.25, 0.3) is 22.8 Å². The first-order valence-electron chi connectivity index (χ1n) is 17.9. The molecule has 21 heteroatoms. The van der Waals surface area contributed by atoms with E-state index in [2.05, 4.69) is 15.3 Å². The average molecular weight is 798 g/mol. The number of anilines is 4. The minimum atomic E-state index is -2.86. The molecule has 4 aromatic rings. The zero-order valence-corrected chi connectivity index (χ0v) is 30.3. The number of hydrogen-bond donors (Lipinski definition) is 2. The molecule has 0 aliphatic carbocycles. The highest BCUT2D eigenvalue weighted by molar-refractivity contribution is 6.04. The van der Waals surface area contributed by atoms with Crippen LogP contribution in [-0.2, 0) is 32.2 Å². The van der Waals surface area contributed by atoms with E-state index >= 15 is 0 Å². The van der Waals surface area contributed by atoms with Crippen molar-refractivity contribution in [3.63, 3.8) is 0 Å². The van der Waals surface area contributed by atoms with Crippen LogP contribution in [0.1, 0.15) is 13.8 Å². The van der Waals surface area contributed by atoms with E-state index in [-0.39, 0.29) is 42.8 Å². The lowest BCUT2D eigenvalue weighted by molar-refractivity contribution is -0.124. The number of benzene rings is 2. The van der Waals surface area contributed by atoms with Gasteiger partial charge in [-0.1, -0.05) is 0 Å². The van der Waals surface area contributed by atoms with E-state index in [1.165, 1.54) is 24.2 Å². The second-order valence-electron chi connectivity index (χ2n) is 13.7. The second-order valence-corrected chi connectivity index (χ2v) is 13.7. The molecule has 8 rings (SSSR count). The van der Waals surface area contributed by atoms with Crippen LogP contribution in [-0.4, -0.2) is 107 Å². The fourth-order valence-corrected chi connectivity index (χ4v) is 7.16. The van der Waals surface area contributed by atoms with Crippen molar-refractivity contribution in [3.8, 4) is 34.3 Å². The molecule has 57 heavy (non-hydrogen) atoms. The van der Waals surface area contributed by atoms with Crippen molar-refractivity contribution in [1.29, 1.82) is 0 Å². The number of carbonyl (C=O) groups is 4. The van der Waals surface area contributed by atoms with Gasteiger partial charge in [-0.2, -0.15) is 0 Å². The Balaban J connectivity index is 1.04. The number of cyclic esters (lactones) is 2. The SMILES string of the molecule is C[C@H](Nc1ccc2c(c1)OCCn1cc(N3C(=O)OC[C@H]3C(F)F)nc1-2)C(=O)N(c1ccc2c(c1)OCCn1cc(N3C(=O)OC[C@H]3C(F)F)nc1-2)[C@@H](C)C(N)=O. The summed E-state index contributed by atoms with van der Waals surface area (Å²) in [6.07, 6.45) is -4.58. The molecule has 0 bridgehead atoms. The van der Waals surface area contributed by atoms with E-state index in [0.29, 0.717) is 40.8 Å². The summed E-state index contributed by atoms with van der Waals surface area (Å²) >= 11 is 0. The lowest BCUT2D eigenvalue weighted by Gasteiger charge is -2.31. The molecule has 300 valence electrons. The number of nitrogens with zero attached hydrogens (tertiary/aromatic N) is 7. The van der Waals surface area contributed by atoms with Crippen LogP contribution in [0.15, 0.2) is 48.8 Å². The molecule has 4 atom stereocenters. The number of hydrogen-bond acceptors (Lipinski definition) is 11. The highest BCUT2D eigenvalue weighted by Gasteiger charge is 2.43. The van der Waals surface area contributed by atoms with Gasteiger partial charge in [0, 0.05) is 35.9 Å². The topological polar surface area (TPSA) is 189 Å². The van der Waals surface area contributed by atoms with E-state index in [9.17, 15) is 36.7 Å². The Morgan fingerprint density at radius 2 is 1.30 bits per heavy atom. The van der Waals surface area contributed by atoms with E-state index in [0.717, 1.165) is 9.80 Å². The average Bonchev–Trinajstić information content (AvgIpc) is 3.93. The molecular formula is C36H35F4N9O8. The highest BCUT2D eigenvalue weighted by Crippen LogP contribution is 2.40. The number of nitrogens with two attached hydrogens (primary N) is 1. The molecule has 2 fully saturated rings. The molecule has 17 nitrogen and oxygen atoms in total. The van der Waals surface area contributed by atoms with Gasteiger partial charge < -0.3 is 39.1 Å². The molecule has 0 spiro atoms. The monoisotopic (exact) mass is 797 g/mol. The third-order valence-corrected chi connectivity index (χ3v) is 10.1. The number of fused-ring (bicyclic) bond motifs is 6. The smallest absolute Gasteiger partial charge is 0.416 e. The number of halogens is 4. The molecule has 0 saturated carbocycles. The first-order chi connectivity index (χ1) is 27.3. The molecule has 0 unspecified atom stereocenters. The third-order valence-electron chi connectivity index (χ3n) is 10.1. The second kappa shape index (κ2) is 14.5. The van der Waals surface area contributed by atoms with E-state index < -0.39 is 74.2 Å². The number of imidazole rings is 2. The van der Waals surface area contributed by atoms with Crippen LogP contribution < -0.4 is 35.2 Å². The summed E-state index contributed by atoms with van der Waals surface area (Å²) in [5.41, 5.74) is 7.41. The number of amides is 4. The Labute approximate surface area is 320 Å². The number of alkyl halides is 4. The maximum Gasteiger partial charge on any atom is 0.416 e. The van der Waals surface area contributed by atoms with E-state index in [1.54, 1.807) is 52.5 Å². The van der Waals surface area contributed by atoms with E-state index in [1.807, 2.05) is 0 Å². The normalized spacial score (nSPS) is 19.6. The number of rotatable bonds is 10. The Morgan fingerprint density at radius 3 is 1.81 bits per heavy atom. The highest BCUT2D eigenvalue weighted by atomic mass is 19.3. The molecule has 4 aliphatic heterocycles. The molecular weight excluding hydrogens is 762 g/mol. The van der Waals surface area contributed by atoms with Crippen LogP contribution in [0, 0.1) is 0 Å². The summed E-state index contributed by atoms with van der Waals surface area (Å²) in [5, 5.41) is 3.14. The largest absolute Gasteiger partial charge is 0.491 e. The van der Waals surface area contributed by atoms with Gasteiger partial charge in [-0.25, -0.2) is 46.9 Å². The molecule has 2 aromatic heterocycles. The summed E-state index contributed by atoms with van der Waals surface area (Å²) < 4.78 is 79.8. The Kier molecular flexibility index (Phi) is 9.52. The first-order valence-corrected chi connectivity index (χ1v) is 17.9. The van der Waals surface area contributed by atoms with Crippen LogP contribution in [0.3, 0.4) is 0 Å². The van der Waals surface area contributed by atoms with Crippen molar-refractivity contribution >= 4 is 47.0 Å². The summed E-state index contributed by atoms with van der Waals surface area (Å²) in [6.45, 7) is 3.01. The predicted octanol–water partition coefficient (Wildman–Crippen LogP) is 4.09. The van der Waals surface area contributed by atoms with Gasteiger partial charge in [-0.3, -0.25) is 14.5 Å². The van der Waals surface area contributed by atoms with Gasteiger partial charge >= 0.3 is 12.2 Å². The molecule has 4 amide bonds. The van der Waals surface area contributed by atoms with Gasteiger partial charge in [0.1, 0.15) is 73.7 Å². The lowest BCUT2D eigenvalue weighted by atomic mass is 10.1. The number of ether oxygens (including phenoxy) is 4. The molecule has 3 N–H and O–H groups in total. The lowest BCUT2D eigenvalue weighted by Crippen LogP contribution is -2.51. The molecule has 4 aliphatic rings. The van der Waals surface area contributed by atoms with Crippen LogP contribution in [0.2, 0.25) is 0 Å². The van der Waals surface area contributed by atoms with Crippen molar-refractivity contribution in [2.75, 3.05) is 46.4 Å². The van der Waals surface area contributed by atoms with Gasteiger partial charge in [0.15, 0.2) is 11.6 Å². The number of carbonyl (C=O) groups excluding carboxylic acids is 4. The van der Waals surface area contributed by atoms with Gasteiger partial charge in [-0.15, -0.1) is 0 Å². The van der Waals surface area contributed by atoms with Crippen molar-refractivity contribution in [2.45, 2.75) is 64.0 Å². The Hall–Kier alpha value is -6.54. The predicted molar refractivity (Wildman–Crippen MR) is 193 cm³/mol. The van der Waals surface area contributed by atoms with Crippen molar-refractivity contribution in [3.05, 3.63) is 48.8 Å². The fourth-order valence-electron chi connectivity index (χ4n) is 7.16. The summed E-state index contributed by atoms with van der Waals surface area (Å²) in [6, 6.07) is 4.69. The Morgan fingerprint density at radius 1 is 0.789 bits per heavy atom. The Bertz CT molecular complexity index is 2270. The summed E-state index contributed by atoms with van der Waals surface area (Å²) in [5.74, 6) is 0.0513. The zero-order chi connectivity index (χ0) is 40.3. The van der Waals surface area contributed by atoms with Crippen LogP contribution in [0.5, 0.6) is 11.5 Å². The minimum absolute atomic E-state index is 0.0105.